The van der Waals surface area contributed by atoms with E-state index in [1.54, 1.807) is 6.33 Å². The number of imidazole rings is 1. The van der Waals surface area contributed by atoms with Gasteiger partial charge in [0.2, 0.25) is 0 Å². The molecule has 1 saturated heterocycles. The summed E-state index contributed by atoms with van der Waals surface area (Å²) in [6.45, 7) is 4.85. The van der Waals surface area contributed by atoms with Crippen LogP contribution in [0.4, 0.5) is 11.6 Å². The molecule has 4 aromatic rings. The van der Waals surface area contributed by atoms with Gasteiger partial charge in [0, 0.05) is 13.1 Å². The minimum absolute atomic E-state index is 0.195. The van der Waals surface area contributed by atoms with Crippen LogP contribution in [0.25, 0.3) is 22.1 Å². The average Bonchev–Trinajstić information content (AvgIpc) is 3.24. The van der Waals surface area contributed by atoms with E-state index in [0.29, 0.717) is 35.5 Å². The molecule has 9 nitrogen and oxygen atoms in total. The zero-order valence-electron chi connectivity index (χ0n) is 15.8. The Morgan fingerprint density at radius 3 is 2.90 bits per heavy atom. The fourth-order valence-electron chi connectivity index (χ4n) is 3.48. The lowest BCUT2D eigenvalue weighted by Gasteiger charge is -2.29. The summed E-state index contributed by atoms with van der Waals surface area (Å²) in [6, 6.07) is 5.54. The molecule has 0 spiro atoms. The molecule has 0 radical (unpaired) electrons. The lowest BCUT2D eigenvalue weighted by molar-refractivity contribution is 0.122. The lowest BCUT2D eigenvalue weighted by atomic mass is 10.2. The van der Waals surface area contributed by atoms with Crippen LogP contribution in [0.3, 0.4) is 0 Å². The lowest BCUT2D eigenvalue weighted by Crippen LogP contribution is -2.37. The molecule has 0 amide bonds. The smallest absolute Gasteiger partial charge is 0.182 e. The monoisotopic (exact) mass is 410 g/mol. The van der Waals surface area contributed by atoms with Crippen LogP contribution >= 0.6 is 11.6 Å². The highest BCUT2D eigenvalue weighted by atomic mass is 35.5. The van der Waals surface area contributed by atoms with Crippen LogP contribution < -0.4 is 10.2 Å². The molecule has 4 heterocycles. The van der Waals surface area contributed by atoms with Crippen molar-refractivity contribution in [3.05, 3.63) is 41.7 Å². The summed E-state index contributed by atoms with van der Waals surface area (Å²) >= 11 is 6.51. The van der Waals surface area contributed by atoms with Gasteiger partial charge in [0.05, 0.1) is 41.5 Å². The number of aromatic nitrogens is 6. The Morgan fingerprint density at radius 1 is 1.17 bits per heavy atom. The molecule has 29 heavy (non-hydrogen) atoms. The van der Waals surface area contributed by atoms with Crippen molar-refractivity contribution >= 4 is 45.3 Å². The molecule has 10 heteroatoms. The van der Waals surface area contributed by atoms with Crippen molar-refractivity contribution in [3.8, 4) is 0 Å². The summed E-state index contributed by atoms with van der Waals surface area (Å²) < 4.78 is 5.50. The van der Waals surface area contributed by atoms with Gasteiger partial charge in [-0.05, 0) is 19.1 Å². The van der Waals surface area contributed by atoms with Crippen molar-refractivity contribution in [2.75, 3.05) is 36.5 Å². The van der Waals surface area contributed by atoms with Gasteiger partial charge in [0.15, 0.2) is 17.3 Å². The summed E-state index contributed by atoms with van der Waals surface area (Å²) in [5, 5.41) is 4.88. The Balaban J connectivity index is 1.56. The van der Waals surface area contributed by atoms with Crippen LogP contribution in [0.2, 0.25) is 5.02 Å². The Bertz CT molecular complexity index is 1170. The normalized spacial score (nSPS) is 15.7. The first-order chi connectivity index (χ1) is 14.2. The maximum Gasteiger partial charge on any atom is 0.182 e. The maximum atomic E-state index is 6.51. The molecule has 2 N–H and O–H groups in total. The maximum absolute atomic E-state index is 6.51. The molecule has 1 aliphatic rings. The van der Waals surface area contributed by atoms with Gasteiger partial charge in [-0.25, -0.2) is 24.9 Å². The SMILES string of the molecule is CC(Nc1ncnc2nc[nH]c12)c1nc(N2CCOCC2)c2c(Cl)cccc2n1. The number of nitrogens with zero attached hydrogens (tertiary/aromatic N) is 6. The Hall–Kier alpha value is -3.04. The van der Waals surface area contributed by atoms with E-state index in [0.717, 1.165) is 35.3 Å². The summed E-state index contributed by atoms with van der Waals surface area (Å²) in [5.41, 5.74) is 2.17. The fourth-order valence-corrected chi connectivity index (χ4v) is 3.74. The van der Waals surface area contributed by atoms with Crippen LogP contribution in [0, 0.1) is 0 Å². The number of halogens is 1. The van der Waals surface area contributed by atoms with Gasteiger partial charge < -0.3 is 19.9 Å². The topological polar surface area (TPSA) is 105 Å². The third-order valence-electron chi connectivity index (χ3n) is 4.94. The van der Waals surface area contributed by atoms with Gasteiger partial charge >= 0.3 is 0 Å². The van der Waals surface area contributed by atoms with E-state index in [2.05, 4.69) is 30.2 Å². The zero-order chi connectivity index (χ0) is 19.8. The molecule has 0 bridgehead atoms. The first-order valence-corrected chi connectivity index (χ1v) is 9.78. The van der Waals surface area contributed by atoms with Gasteiger partial charge in [0.1, 0.15) is 17.7 Å². The molecule has 1 aliphatic heterocycles. The molecule has 5 rings (SSSR count). The van der Waals surface area contributed by atoms with E-state index >= 15 is 0 Å². The van der Waals surface area contributed by atoms with Crippen molar-refractivity contribution in [1.29, 1.82) is 0 Å². The van der Waals surface area contributed by atoms with E-state index in [1.165, 1.54) is 6.33 Å². The number of morpholine rings is 1. The number of benzene rings is 1. The zero-order valence-corrected chi connectivity index (χ0v) is 16.5. The highest BCUT2D eigenvalue weighted by Crippen LogP contribution is 2.32. The number of ether oxygens (including phenoxy) is 1. The minimum atomic E-state index is -0.195. The van der Waals surface area contributed by atoms with Crippen molar-refractivity contribution < 1.29 is 4.74 Å². The number of hydrogen-bond acceptors (Lipinski definition) is 8. The summed E-state index contributed by atoms with van der Waals surface area (Å²) in [4.78, 5) is 27.6. The standard InChI is InChI=1S/C19H19ClN8O/c1-11(25-18-15-17(22-9-21-15)23-10-24-18)16-26-13-4-2-3-12(20)14(13)19(27-16)28-5-7-29-8-6-28/h2-4,9-11H,5-8H2,1H3,(H2,21,22,23,24,25). The Labute approximate surface area is 171 Å². The first kappa shape index (κ1) is 18.0. The van der Waals surface area contributed by atoms with Crippen molar-refractivity contribution in [3.63, 3.8) is 0 Å². The van der Waals surface area contributed by atoms with Crippen molar-refractivity contribution in [2.45, 2.75) is 13.0 Å². The van der Waals surface area contributed by atoms with E-state index in [9.17, 15) is 0 Å². The highest BCUT2D eigenvalue weighted by molar-refractivity contribution is 6.36. The third kappa shape index (κ3) is 3.32. The van der Waals surface area contributed by atoms with E-state index < -0.39 is 0 Å². The molecule has 0 aliphatic carbocycles. The number of fused-ring (bicyclic) bond motifs is 2. The number of nitrogens with one attached hydrogen (secondary N) is 2. The molecule has 1 atom stereocenters. The largest absolute Gasteiger partial charge is 0.378 e. The third-order valence-corrected chi connectivity index (χ3v) is 5.26. The molecular weight excluding hydrogens is 392 g/mol. The highest BCUT2D eigenvalue weighted by Gasteiger charge is 2.21. The van der Waals surface area contributed by atoms with Crippen LogP contribution in [-0.2, 0) is 4.74 Å². The molecule has 1 fully saturated rings. The molecule has 0 saturated carbocycles. The van der Waals surface area contributed by atoms with Gasteiger partial charge in [0.25, 0.3) is 0 Å². The summed E-state index contributed by atoms with van der Waals surface area (Å²) in [6.07, 6.45) is 3.08. The van der Waals surface area contributed by atoms with Crippen LogP contribution in [0.15, 0.2) is 30.9 Å². The second-order valence-electron chi connectivity index (χ2n) is 6.83. The van der Waals surface area contributed by atoms with E-state index in [-0.39, 0.29) is 6.04 Å². The second-order valence-corrected chi connectivity index (χ2v) is 7.24. The Kier molecular flexibility index (Phi) is 4.61. The van der Waals surface area contributed by atoms with E-state index in [1.807, 2.05) is 25.1 Å². The molecule has 148 valence electrons. The van der Waals surface area contributed by atoms with Crippen molar-refractivity contribution in [2.24, 2.45) is 0 Å². The van der Waals surface area contributed by atoms with Crippen LogP contribution in [-0.4, -0.2) is 56.2 Å². The summed E-state index contributed by atoms with van der Waals surface area (Å²) in [7, 11) is 0. The summed E-state index contributed by atoms with van der Waals surface area (Å²) in [5.74, 6) is 2.15. The molecular formula is C19H19ClN8O. The number of anilines is 2. The number of rotatable bonds is 4. The number of aromatic amines is 1. The second kappa shape index (κ2) is 7.41. The number of hydrogen-bond donors (Lipinski definition) is 2. The fraction of sp³-hybridized carbons (Fsp3) is 0.316. The van der Waals surface area contributed by atoms with Gasteiger partial charge in [-0.15, -0.1) is 0 Å². The number of H-pyrrole nitrogens is 1. The predicted octanol–water partition coefficient (Wildman–Crippen LogP) is 2.96. The van der Waals surface area contributed by atoms with Crippen LogP contribution in [0.5, 0.6) is 0 Å². The van der Waals surface area contributed by atoms with Gasteiger partial charge in [-0.2, -0.15) is 0 Å². The van der Waals surface area contributed by atoms with Crippen LogP contribution in [0.1, 0.15) is 18.8 Å². The van der Waals surface area contributed by atoms with Gasteiger partial charge in [-0.1, -0.05) is 17.7 Å². The molecule has 1 unspecified atom stereocenters. The average molecular weight is 411 g/mol. The molecule has 3 aromatic heterocycles. The predicted molar refractivity (Wildman–Crippen MR) is 111 cm³/mol. The quantitative estimate of drug-likeness (QED) is 0.529. The Morgan fingerprint density at radius 2 is 2.03 bits per heavy atom. The minimum Gasteiger partial charge on any atom is -0.378 e. The van der Waals surface area contributed by atoms with E-state index in [4.69, 9.17) is 26.3 Å². The first-order valence-electron chi connectivity index (χ1n) is 9.40. The molecule has 1 aromatic carbocycles. The van der Waals surface area contributed by atoms with Gasteiger partial charge in [-0.3, -0.25) is 0 Å². The van der Waals surface area contributed by atoms with Crippen molar-refractivity contribution in [1.82, 2.24) is 29.9 Å².